The Labute approximate surface area is 149 Å². The molecule has 1 unspecified atom stereocenters. The van der Waals surface area contributed by atoms with Crippen molar-refractivity contribution in [1.82, 2.24) is 5.06 Å². The quantitative estimate of drug-likeness (QED) is 0.627. The maximum Gasteiger partial charge on any atom is 0.391 e. The minimum absolute atomic E-state index is 0.266. The number of piperidine rings is 1. The van der Waals surface area contributed by atoms with Crippen LogP contribution in [0.4, 0.5) is 13.2 Å². The zero-order valence-electron chi connectivity index (χ0n) is 15.7. The standard InChI is InChI=1S/C20H30F3NO/c1-18(2)13-8-14-19(3,4)24(18)25-17(15-20(21,22)23)12-11-16-9-6-5-7-10-16/h5-7,9-10,17H,8,11-15H2,1-4H3. The van der Waals surface area contributed by atoms with E-state index in [0.29, 0.717) is 12.8 Å². The first-order valence-corrected chi connectivity index (χ1v) is 9.07. The van der Waals surface area contributed by atoms with Crippen molar-refractivity contribution in [3.05, 3.63) is 35.9 Å². The fraction of sp³-hybridized carbons (Fsp3) is 0.700. The van der Waals surface area contributed by atoms with E-state index >= 15 is 0 Å². The third-order valence-electron chi connectivity index (χ3n) is 4.99. The van der Waals surface area contributed by atoms with Crippen LogP contribution in [-0.4, -0.2) is 28.4 Å². The Balaban J connectivity index is 2.11. The Bertz CT molecular complexity index is 524. The molecule has 1 saturated heterocycles. The van der Waals surface area contributed by atoms with Crippen molar-refractivity contribution >= 4 is 0 Å². The molecule has 0 aliphatic carbocycles. The second-order valence-electron chi connectivity index (χ2n) is 8.34. The molecule has 2 rings (SSSR count). The number of aryl methyl sites for hydroxylation is 1. The molecule has 1 heterocycles. The van der Waals surface area contributed by atoms with Gasteiger partial charge in [0.1, 0.15) is 0 Å². The summed E-state index contributed by atoms with van der Waals surface area (Å²) in [6, 6.07) is 9.61. The molecule has 0 aromatic heterocycles. The van der Waals surface area contributed by atoms with Crippen molar-refractivity contribution in [1.29, 1.82) is 0 Å². The third kappa shape index (κ3) is 6.00. The Morgan fingerprint density at radius 1 is 1.04 bits per heavy atom. The predicted molar refractivity (Wildman–Crippen MR) is 94.2 cm³/mol. The fourth-order valence-electron chi connectivity index (χ4n) is 3.83. The molecule has 0 bridgehead atoms. The van der Waals surface area contributed by atoms with Gasteiger partial charge in [-0.15, -0.1) is 0 Å². The molecule has 0 radical (unpaired) electrons. The molecule has 0 saturated carbocycles. The molecule has 0 spiro atoms. The first-order chi connectivity index (χ1) is 11.5. The van der Waals surface area contributed by atoms with Gasteiger partial charge in [-0.3, -0.25) is 4.84 Å². The first kappa shape index (κ1) is 20.2. The van der Waals surface area contributed by atoms with Crippen molar-refractivity contribution in [3.8, 4) is 0 Å². The number of rotatable bonds is 6. The van der Waals surface area contributed by atoms with Crippen molar-refractivity contribution in [3.63, 3.8) is 0 Å². The molecule has 142 valence electrons. The molecule has 1 fully saturated rings. The molecular formula is C20H30F3NO. The monoisotopic (exact) mass is 357 g/mol. The van der Waals surface area contributed by atoms with Gasteiger partial charge in [0.15, 0.2) is 0 Å². The summed E-state index contributed by atoms with van der Waals surface area (Å²) in [5.74, 6) is 0. The Hall–Kier alpha value is -1.07. The average molecular weight is 357 g/mol. The number of alkyl halides is 3. The number of hydroxylamine groups is 2. The summed E-state index contributed by atoms with van der Waals surface area (Å²) in [7, 11) is 0. The number of hydrogen-bond donors (Lipinski definition) is 0. The van der Waals surface area contributed by atoms with Crippen molar-refractivity contribution in [2.45, 2.75) is 89.6 Å². The topological polar surface area (TPSA) is 12.5 Å². The van der Waals surface area contributed by atoms with Gasteiger partial charge in [-0.25, -0.2) is 0 Å². The highest BCUT2D eigenvalue weighted by Crippen LogP contribution is 2.40. The van der Waals surface area contributed by atoms with Crippen molar-refractivity contribution < 1.29 is 18.0 Å². The molecule has 5 heteroatoms. The molecule has 2 nitrogen and oxygen atoms in total. The molecule has 1 aromatic carbocycles. The first-order valence-electron chi connectivity index (χ1n) is 9.07. The summed E-state index contributed by atoms with van der Waals surface area (Å²) in [5, 5.41) is 1.84. The van der Waals surface area contributed by atoms with E-state index < -0.39 is 18.7 Å². The summed E-state index contributed by atoms with van der Waals surface area (Å²) in [6.45, 7) is 8.21. The SMILES string of the molecule is CC1(C)CCCC(C)(C)N1OC(CCc1ccccc1)CC(F)(F)F. The zero-order chi connectivity index (χ0) is 18.7. The molecule has 1 aromatic rings. The normalized spacial score (nSPS) is 21.9. The van der Waals surface area contributed by atoms with E-state index in [2.05, 4.69) is 27.7 Å². The third-order valence-corrected chi connectivity index (χ3v) is 4.99. The van der Waals surface area contributed by atoms with E-state index in [4.69, 9.17) is 4.84 Å². The smallest absolute Gasteiger partial charge is 0.294 e. The molecule has 1 aliphatic rings. The number of halogens is 3. The summed E-state index contributed by atoms with van der Waals surface area (Å²) >= 11 is 0. The average Bonchev–Trinajstić information content (AvgIpc) is 2.47. The number of nitrogens with zero attached hydrogens (tertiary/aromatic N) is 1. The lowest BCUT2D eigenvalue weighted by Gasteiger charge is -2.52. The second-order valence-corrected chi connectivity index (χ2v) is 8.34. The van der Waals surface area contributed by atoms with Gasteiger partial charge in [-0.1, -0.05) is 30.3 Å². The Morgan fingerprint density at radius 2 is 1.60 bits per heavy atom. The number of benzene rings is 1. The van der Waals surface area contributed by atoms with Crippen LogP contribution in [0.25, 0.3) is 0 Å². The van der Waals surface area contributed by atoms with Crippen LogP contribution >= 0.6 is 0 Å². The lowest BCUT2D eigenvalue weighted by Crippen LogP contribution is -2.59. The van der Waals surface area contributed by atoms with Gasteiger partial charge in [0.25, 0.3) is 0 Å². The molecule has 0 N–H and O–H groups in total. The summed E-state index contributed by atoms with van der Waals surface area (Å²) in [4.78, 5) is 6.03. The van der Waals surface area contributed by atoms with Crippen LogP contribution in [0.1, 0.15) is 65.4 Å². The largest absolute Gasteiger partial charge is 0.391 e. The van der Waals surface area contributed by atoms with Crippen LogP contribution in [0, 0.1) is 0 Å². The molecule has 0 amide bonds. The summed E-state index contributed by atoms with van der Waals surface area (Å²) in [5.41, 5.74) is 0.506. The van der Waals surface area contributed by atoms with Crippen LogP contribution in [0.2, 0.25) is 0 Å². The maximum absolute atomic E-state index is 13.1. The molecule has 25 heavy (non-hydrogen) atoms. The Morgan fingerprint density at radius 3 is 2.12 bits per heavy atom. The number of hydrogen-bond acceptors (Lipinski definition) is 2. The second kappa shape index (κ2) is 7.67. The summed E-state index contributed by atoms with van der Waals surface area (Å²) in [6.07, 6.45) is -2.16. The van der Waals surface area contributed by atoms with Crippen LogP contribution in [0.5, 0.6) is 0 Å². The van der Waals surface area contributed by atoms with Gasteiger partial charge < -0.3 is 0 Å². The summed E-state index contributed by atoms with van der Waals surface area (Å²) < 4.78 is 39.2. The van der Waals surface area contributed by atoms with Gasteiger partial charge in [0, 0.05) is 11.1 Å². The van der Waals surface area contributed by atoms with E-state index in [-0.39, 0.29) is 11.1 Å². The van der Waals surface area contributed by atoms with Crippen LogP contribution in [0.3, 0.4) is 0 Å². The Kier molecular flexibility index (Phi) is 6.21. The van der Waals surface area contributed by atoms with Gasteiger partial charge in [0.2, 0.25) is 0 Å². The van der Waals surface area contributed by atoms with E-state index in [0.717, 1.165) is 24.8 Å². The predicted octanol–water partition coefficient (Wildman–Crippen LogP) is 5.91. The van der Waals surface area contributed by atoms with Gasteiger partial charge in [-0.2, -0.15) is 18.2 Å². The van der Waals surface area contributed by atoms with Crippen molar-refractivity contribution in [2.75, 3.05) is 0 Å². The minimum atomic E-state index is -4.23. The van der Waals surface area contributed by atoms with E-state index in [1.54, 1.807) is 0 Å². The molecular weight excluding hydrogens is 327 g/mol. The minimum Gasteiger partial charge on any atom is -0.294 e. The van der Waals surface area contributed by atoms with Gasteiger partial charge in [0.05, 0.1) is 12.5 Å². The molecule has 1 aliphatic heterocycles. The van der Waals surface area contributed by atoms with Crippen LogP contribution in [-0.2, 0) is 11.3 Å². The fourth-order valence-corrected chi connectivity index (χ4v) is 3.83. The van der Waals surface area contributed by atoms with E-state index in [1.807, 2.05) is 35.4 Å². The zero-order valence-corrected chi connectivity index (χ0v) is 15.7. The van der Waals surface area contributed by atoms with E-state index in [1.165, 1.54) is 0 Å². The highest BCUT2D eigenvalue weighted by Gasteiger charge is 2.44. The maximum atomic E-state index is 13.1. The van der Waals surface area contributed by atoms with E-state index in [9.17, 15) is 13.2 Å². The van der Waals surface area contributed by atoms with Crippen LogP contribution < -0.4 is 0 Å². The molecule has 1 atom stereocenters. The highest BCUT2D eigenvalue weighted by molar-refractivity contribution is 5.14. The highest BCUT2D eigenvalue weighted by atomic mass is 19.4. The lowest BCUT2D eigenvalue weighted by molar-refractivity contribution is -0.317. The van der Waals surface area contributed by atoms with Gasteiger partial charge in [-0.05, 0) is 65.4 Å². The van der Waals surface area contributed by atoms with Gasteiger partial charge >= 0.3 is 6.18 Å². The van der Waals surface area contributed by atoms with Crippen LogP contribution in [0.15, 0.2) is 30.3 Å². The lowest BCUT2D eigenvalue weighted by atomic mass is 9.82. The van der Waals surface area contributed by atoms with Crippen molar-refractivity contribution in [2.24, 2.45) is 0 Å².